The van der Waals surface area contributed by atoms with Crippen LogP contribution < -0.4 is 0 Å². The van der Waals surface area contributed by atoms with Gasteiger partial charge in [0.25, 0.3) is 15.9 Å². The Morgan fingerprint density at radius 1 is 1.14 bits per heavy atom. The fraction of sp³-hybridized carbons (Fsp3) is 0.526. The zero-order valence-electron chi connectivity index (χ0n) is 15.7. The van der Waals surface area contributed by atoms with Crippen LogP contribution >= 0.6 is 0 Å². The Bertz CT molecular complexity index is 937. The van der Waals surface area contributed by atoms with E-state index in [2.05, 4.69) is 4.40 Å². The first kappa shape index (κ1) is 18.9. The van der Waals surface area contributed by atoms with Crippen LogP contribution in [-0.2, 0) is 24.3 Å². The second-order valence-electron chi connectivity index (χ2n) is 7.35. The number of ether oxygens (including phenoxy) is 1. The molecule has 0 radical (unpaired) electrons. The van der Waals surface area contributed by atoms with Crippen LogP contribution in [0.25, 0.3) is 0 Å². The van der Waals surface area contributed by atoms with Crippen molar-refractivity contribution in [2.24, 2.45) is 4.40 Å². The predicted octanol–water partition coefficient (Wildman–Crippen LogP) is 1.15. The minimum atomic E-state index is -3.76. The summed E-state index contributed by atoms with van der Waals surface area (Å²) in [5.41, 5.74) is 0.503. The smallest absolute Gasteiger partial charge is 0.329 e. The Labute approximate surface area is 164 Å². The molecule has 3 aliphatic heterocycles. The van der Waals surface area contributed by atoms with Gasteiger partial charge in [-0.2, -0.15) is 8.42 Å². The molecule has 4 rings (SSSR count). The third-order valence-corrected chi connectivity index (χ3v) is 6.79. The van der Waals surface area contributed by atoms with Gasteiger partial charge in [-0.1, -0.05) is 12.1 Å². The second kappa shape index (κ2) is 7.20. The quantitative estimate of drug-likeness (QED) is 0.700. The van der Waals surface area contributed by atoms with Crippen LogP contribution in [0.1, 0.15) is 38.2 Å². The lowest BCUT2D eigenvalue weighted by atomic mass is 10.1. The Morgan fingerprint density at radius 2 is 1.86 bits per heavy atom. The first-order chi connectivity index (χ1) is 13.4. The normalized spacial score (nSPS) is 24.0. The molecule has 2 atom stereocenters. The molecule has 9 heteroatoms. The number of carbonyl (C=O) groups excluding carboxylic acids is 2. The van der Waals surface area contributed by atoms with E-state index < -0.39 is 28.1 Å². The minimum Gasteiger partial charge on any atom is -0.451 e. The molecular weight excluding hydrogens is 382 g/mol. The van der Waals surface area contributed by atoms with Crippen LogP contribution in [-0.4, -0.2) is 67.7 Å². The molecule has 0 aromatic heterocycles. The van der Waals surface area contributed by atoms with Crippen LogP contribution in [0.15, 0.2) is 33.6 Å². The number of carbonyl (C=O) groups is 2. The molecule has 1 amide bonds. The van der Waals surface area contributed by atoms with E-state index in [1.165, 1.54) is 6.07 Å². The molecule has 1 aromatic carbocycles. The number of sulfonamides is 1. The topological polar surface area (TPSA) is 96.3 Å². The second-order valence-corrected chi connectivity index (χ2v) is 8.92. The zero-order valence-corrected chi connectivity index (χ0v) is 16.5. The van der Waals surface area contributed by atoms with Crippen LogP contribution in [0.3, 0.4) is 0 Å². The average Bonchev–Trinajstić information content (AvgIpc) is 3.40. The lowest BCUT2D eigenvalue weighted by Gasteiger charge is -2.27. The molecule has 0 unspecified atom stereocenters. The van der Waals surface area contributed by atoms with Crippen molar-refractivity contribution in [1.82, 2.24) is 9.80 Å². The van der Waals surface area contributed by atoms with Gasteiger partial charge < -0.3 is 14.5 Å². The molecule has 0 saturated carbocycles. The van der Waals surface area contributed by atoms with Gasteiger partial charge in [-0.3, -0.25) is 4.79 Å². The van der Waals surface area contributed by atoms with Crippen LogP contribution in [0, 0.1) is 0 Å². The Morgan fingerprint density at radius 3 is 2.61 bits per heavy atom. The van der Waals surface area contributed by atoms with Crippen LogP contribution in [0.4, 0.5) is 0 Å². The maximum Gasteiger partial charge on any atom is 0.329 e. The van der Waals surface area contributed by atoms with E-state index in [0.717, 1.165) is 19.3 Å². The summed E-state index contributed by atoms with van der Waals surface area (Å²) >= 11 is 0. The number of hydrogen-bond donors (Lipinski definition) is 0. The van der Waals surface area contributed by atoms with Gasteiger partial charge in [-0.25, -0.2) is 4.79 Å². The molecule has 3 heterocycles. The highest BCUT2D eigenvalue weighted by atomic mass is 32.2. The molecule has 2 saturated heterocycles. The van der Waals surface area contributed by atoms with Crippen molar-refractivity contribution in [3.05, 3.63) is 29.8 Å². The summed E-state index contributed by atoms with van der Waals surface area (Å²) in [5.74, 6) is -0.405. The van der Waals surface area contributed by atoms with E-state index in [0.29, 0.717) is 31.6 Å². The standard InChI is InChI=1S/C19H23N3O5S/c1-13(18(23)21-10-4-5-11-21)27-19(24)15-8-6-12-22(15)17-14-7-2-3-9-16(14)28(25,26)20-17/h2-3,7,9,13,15H,4-6,8,10-12H2,1H3/t13-,15-/m0/s1. The lowest BCUT2D eigenvalue weighted by Crippen LogP contribution is -2.45. The Balaban J connectivity index is 1.51. The first-order valence-electron chi connectivity index (χ1n) is 9.59. The summed E-state index contributed by atoms with van der Waals surface area (Å²) < 4.78 is 34.0. The van der Waals surface area contributed by atoms with E-state index in [1.54, 1.807) is 34.9 Å². The number of rotatable bonds is 3. The van der Waals surface area contributed by atoms with Crippen molar-refractivity contribution in [2.45, 2.75) is 49.6 Å². The van der Waals surface area contributed by atoms with Gasteiger partial charge in [0.15, 0.2) is 11.9 Å². The molecular formula is C19H23N3O5S. The van der Waals surface area contributed by atoms with Gasteiger partial charge in [-0.15, -0.1) is 4.40 Å². The Kier molecular flexibility index (Phi) is 4.86. The fourth-order valence-corrected chi connectivity index (χ4v) is 5.28. The van der Waals surface area contributed by atoms with E-state index in [4.69, 9.17) is 4.74 Å². The van der Waals surface area contributed by atoms with E-state index in [9.17, 15) is 18.0 Å². The highest BCUT2D eigenvalue weighted by Crippen LogP contribution is 2.31. The summed E-state index contributed by atoms with van der Waals surface area (Å²) in [5, 5.41) is 0. The molecule has 150 valence electrons. The van der Waals surface area contributed by atoms with Gasteiger partial charge in [0.05, 0.1) is 0 Å². The SMILES string of the molecule is C[C@H](OC(=O)[C@@H]1CCCN1C1=NS(=O)(=O)c2ccccc21)C(=O)N1CCCC1. The van der Waals surface area contributed by atoms with Gasteiger partial charge in [0.2, 0.25) is 0 Å². The molecule has 0 spiro atoms. The van der Waals surface area contributed by atoms with Crippen molar-refractivity contribution >= 4 is 27.7 Å². The number of likely N-dealkylation sites (tertiary alicyclic amines) is 2. The van der Waals surface area contributed by atoms with Crippen LogP contribution in [0.2, 0.25) is 0 Å². The zero-order chi connectivity index (χ0) is 19.9. The average molecular weight is 405 g/mol. The Hall–Kier alpha value is -2.42. The van der Waals surface area contributed by atoms with E-state index >= 15 is 0 Å². The van der Waals surface area contributed by atoms with Crippen molar-refractivity contribution in [3.63, 3.8) is 0 Å². The molecule has 0 bridgehead atoms. The molecule has 3 aliphatic rings. The maximum atomic E-state index is 12.8. The van der Waals surface area contributed by atoms with Crippen molar-refractivity contribution < 1.29 is 22.7 Å². The summed E-state index contributed by atoms with van der Waals surface area (Å²) in [4.78, 5) is 28.8. The summed E-state index contributed by atoms with van der Waals surface area (Å²) in [6.45, 7) is 3.49. The monoisotopic (exact) mass is 405 g/mol. The molecule has 0 N–H and O–H groups in total. The largest absolute Gasteiger partial charge is 0.451 e. The predicted molar refractivity (Wildman–Crippen MR) is 101 cm³/mol. The molecule has 28 heavy (non-hydrogen) atoms. The molecule has 1 aromatic rings. The van der Waals surface area contributed by atoms with E-state index in [-0.39, 0.29) is 16.6 Å². The molecule has 2 fully saturated rings. The highest BCUT2D eigenvalue weighted by molar-refractivity contribution is 7.90. The summed E-state index contributed by atoms with van der Waals surface area (Å²) in [6.07, 6.45) is 2.34. The van der Waals surface area contributed by atoms with Gasteiger partial charge >= 0.3 is 5.97 Å². The molecule has 0 aliphatic carbocycles. The van der Waals surface area contributed by atoms with Crippen molar-refractivity contribution in [1.29, 1.82) is 0 Å². The fourth-order valence-electron chi connectivity index (χ4n) is 4.06. The third-order valence-electron chi connectivity index (χ3n) is 5.47. The van der Waals surface area contributed by atoms with Crippen molar-refractivity contribution in [3.8, 4) is 0 Å². The first-order valence-corrected chi connectivity index (χ1v) is 11.0. The van der Waals surface area contributed by atoms with Crippen LogP contribution in [0.5, 0.6) is 0 Å². The van der Waals surface area contributed by atoms with E-state index in [1.807, 2.05) is 0 Å². The lowest BCUT2D eigenvalue weighted by molar-refractivity contribution is -0.161. The summed E-state index contributed by atoms with van der Waals surface area (Å²) in [7, 11) is -3.76. The third kappa shape index (κ3) is 3.28. The number of amidine groups is 1. The number of benzene rings is 1. The van der Waals surface area contributed by atoms with Gasteiger partial charge in [-0.05, 0) is 44.7 Å². The summed E-state index contributed by atoms with van der Waals surface area (Å²) in [6, 6.07) is 5.96. The maximum absolute atomic E-state index is 12.8. The number of nitrogens with zero attached hydrogens (tertiary/aromatic N) is 3. The number of amides is 1. The number of hydrogen-bond acceptors (Lipinski definition) is 6. The minimum absolute atomic E-state index is 0.154. The van der Waals surface area contributed by atoms with Gasteiger partial charge in [0, 0.05) is 25.2 Å². The van der Waals surface area contributed by atoms with Crippen molar-refractivity contribution in [2.75, 3.05) is 19.6 Å². The van der Waals surface area contributed by atoms with Gasteiger partial charge in [0.1, 0.15) is 10.9 Å². The number of esters is 1. The molecule has 8 nitrogen and oxygen atoms in total. The number of fused-ring (bicyclic) bond motifs is 1. The highest BCUT2D eigenvalue weighted by Gasteiger charge is 2.41.